The van der Waals surface area contributed by atoms with Gasteiger partial charge in [-0.1, -0.05) is 41.1 Å². The van der Waals surface area contributed by atoms with Gasteiger partial charge in [-0.15, -0.1) is 0 Å². The van der Waals surface area contributed by atoms with Crippen LogP contribution < -0.4 is 5.32 Å². The number of pyridine rings is 1. The van der Waals surface area contributed by atoms with Crippen molar-refractivity contribution in [2.75, 3.05) is 18.4 Å². The number of nitrogens with one attached hydrogen (secondary N) is 1. The molecule has 8 nitrogen and oxygen atoms in total. The number of anilines is 1. The lowest BCUT2D eigenvalue weighted by molar-refractivity contribution is -0.120. The predicted octanol–water partition coefficient (Wildman–Crippen LogP) is 4.51. The van der Waals surface area contributed by atoms with Gasteiger partial charge >= 0.3 is 0 Å². The van der Waals surface area contributed by atoms with Crippen LogP contribution in [0, 0.1) is 33.6 Å². The van der Waals surface area contributed by atoms with Crippen molar-refractivity contribution >= 4 is 33.9 Å². The first-order valence-electron chi connectivity index (χ1n) is 11.6. The molecule has 35 heavy (non-hydrogen) atoms. The second kappa shape index (κ2) is 10.1. The van der Waals surface area contributed by atoms with Crippen LogP contribution in [0.15, 0.2) is 45.8 Å². The molecule has 1 N–H and O–H groups in total. The first kappa shape index (κ1) is 24.8. The van der Waals surface area contributed by atoms with Crippen molar-refractivity contribution in [3.05, 3.63) is 70.2 Å². The molecule has 1 aliphatic heterocycles. The molecule has 0 aliphatic carbocycles. The summed E-state index contributed by atoms with van der Waals surface area (Å²) in [6.07, 6.45) is 4.66. The SMILES string of the molecule is Cc1ccc(C)c(C=Cc2onc(C)c2S(=O)(=O)N2CCCC(C(=O)Nc3cccc(C)n3)C2)c1. The predicted molar refractivity (Wildman–Crippen MR) is 135 cm³/mol. The molecular formula is C26H30N4O4S. The molecule has 1 amide bonds. The van der Waals surface area contributed by atoms with Crippen LogP contribution in [0.5, 0.6) is 0 Å². The fourth-order valence-corrected chi connectivity index (χ4v) is 6.02. The summed E-state index contributed by atoms with van der Waals surface area (Å²) in [7, 11) is -3.92. The van der Waals surface area contributed by atoms with E-state index in [9.17, 15) is 13.2 Å². The van der Waals surface area contributed by atoms with Crippen molar-refractivity contribution in [1.82, 2.24) is 14.4 Å². The van der Waals surface area contributed by atoms with Gasteiger partial charge < -0.3 is 9.84 Å². The maximum atomic E-state index is 13.6. The molecule has 1 atom stereocenters. The minimum atomic E-state index is -3.92. The number of piperidine rings is 1. The quantitative estimate of drug-likeness (QED) is 0.540. The molecule has 1 unspecified atom stereocenters. The zero-order chi connectivity index (χ0) is 25.2. The highest BCUT2D eigenvalue weighted by Crippen LogP contribution is 2.30. The Kier molecular flexibility index (Phi) is 7.18. The molecular weight excluding hydrogens is 464 g/mol. The number of nitrogens with zero attached hydrogens (tertiary/aromatic N) is 3. The summed E-state index contributed by atoms with van der Waals surface area (Å²) < 4.78 is 34.0. The molecule has 1 aliphatic rings. The van der Waals surface area contributed by atoms with E-state index in [1.165, 1.54) is 4.31 Å². The third-order valence-corrected chi connectivity index (χ3v) is 8.20. The van der Waals surface area contributed by atoms with E-state index >= 15 is 0 Å². The van der Waals surface area contributed by atoms with E-state index in [4.69, 9.17) is 4.52 Å². The van der Waals surface area contributed by atoms with Crippen molar-refractivity contribution in [3.8, 4) is 0 Å². The Morgan fingerprint density at radius 2 is 1.94 bits per heavy atom. The highest BCUT2D eigenvalue weighted by molar-refractivity contribution is 7.89. The van der Waals surface area contributed by atoms with E-state index in [0.717, 1.165) is 22.4 Å². The van der Waals surface area contributed by atoms with E-state index in [1.54, 1.807) is 19.1 Å². The topological polar surface area (TPSA) is 105 Å². The standard InChI is InChI=1S/C26H30N4O4S/c1-17-10-11-18(2)21(15-17)12-13-23-25(20(4)29-34-23)35(32,33)30-14-6-8-22(16-30)26(31)28-24-9-5-7-19(3)27-24/h5,7,9-13,15,22H,6,8,14,16H2,1-4H3,(H,27,28,31). The largest absolute Gasteiger partial charge is 0.355 e. The molecule has 0 saturated carbocycles. The Labute approximate surface area is 206 Å². The van der Waals surface area contributed by atoms with E-state index in [1.807, 2.05) is 57.2 Å². The number of sulfonamides is 1. The average Bonchev–Trinajstić information content (AvgIpc) is 3.21. The fraction of sp³-hybridized carbons (Fsp3) is 0.346. The van der Waals surface area contributed by atoms with E-state index in [2.05, 4.69) is 15.5 Å². The summed E-state index contributed by atoms with van der Waals surface area (Å²) in [6.45, 7) is 7.88. The maximum absolute atomic E-state index is 13.6. The number of hydrogen-bond acceptors (Lipinski definition) is 6. The van der Waals surface area contributed by atoms with Gasteiger partial charge in [0.05, 0.1) is 5.92 Å². The van der Waals surface area contributed by atoms with Crippen molar-refractivity contribution in [2.24, 2.45) is 5.92 Å². The van der Waals surface area contributed by atoms with Crippen molar-refractivity contribution < 1.29 is 17.7 Å². The van der Waals surface area contributed by atoms with Crippen molar-refractivity contribution in [3.63, 3.8) is 0 Å². The number of carbonyl (C=O) groups is 1. The molecule has 1 saturated heterocycles. The minimum absolute atomic E-state index is 0.0421. The van der Waals surface area contributed by atoms with Crippen LogP contribution in [-0.4, -0.2) is 41.9 Å². The first-order valence-corrected chi connectivity index (χ1v) is 13.1. The van der Waals surface area contributed by atoms with Gasteiger partial charge in [0, 0.05) is 18.8 Å². The Morgan fingerprint density at radius 3 is 2.71 bits per heavy atom. The molecule has 184 valence electrons. The van der Waals surface area contributed by atoms with Gasteiger partial charge in [0.15, 0.2) is 10.7 Å². The second-order valence-electron chi connectivity index (χ2n) is 9.01. The van der Waals surface area contributed by atoms with Crippen LogP contribution in [-0.2, 0) is 14.8 Å². The Bertz CT molecular complexity index is 1380. The number of aryl methyl sites for hydroxylation is 4. The Hall–Kier alpha value is -3.30. The number of aromatic nitrogens is 2. The smallest absolute Gasteiger partial charge is 0.248 e. The molecule has 2 aromatic heterocycles. The van der Waals surface area contributed by atoms with Crippen LogP contribution >= 0.6 is 0 Å². The monoisotopic (exact) mass is 494 g/mol. The fourth-order valence-electron chi connectivity index (χ4n) is 4.25. The summed E-state index contributed by atoms with van der Waals surface area (Å²) in [4.78, 5) is 17.2. The molecule has 0 spiro atoms. The lowest BCUT2D eigenvalue weighted by atomic mass is 9.99. The van der Waals surface area contributed by atoms with E-state index in [0.29, 0.717) is 30.9 Å². The van der Waals surface area contributed by atoms with E-state index in [-0.39, 0.29) is 23.1 Å². The summed E-state index contributed by atoms with van der Waals surface area (Å²) in [5, 5.41) is 6.75. The highest BCUT2D eigenvalue weighted by atomic mass is 32.2. The van der Waals surface area contributed by atoms with Gasteiger partial charge in [-0.2, -0.15) is 4.31 Å². The number of benzene rings is 1. The molecule has 4 rings (SSSR count). The van der Waals surface area contributed by atoms with E-state index < -0.39 is 15.9 Å². The third kappa shape index (κ3) is 5.52. The van der Waals surface area contributed by atoms with Crippen LogP contribution in [0.2, 0.25) is 0 Å². The molecule has 3 heterocycles. The second-order valence-corrected chi connectivity index (χ2v) is 10.9. The van der Waals surface area contributed by atoms with Gasteiger partial charge in [0.25, 0.3) is 0 Å². The van der Waals surface area contributed by atoms with Gasteiger partial charge in [-0.25, -0.2) is 13.4 Å². The molecule has 9 heteroatoms. The van der Waals surface area contributed by atoms with Crippen LogP contribution in [0.25, 0.3) is 12.2 Å². The normalized spacial score (nSPS) is 17.1. The van der Waals surface area contributed by atoms with Gasteiger partial charge in [0.2, 0.25) is 15.9 Å². The van der Waals surface area contributed by atoms with Gasteiger partial charge in [-0.3, -0.25) is 4.79 Å². The molecule has 3 aromatic rings. The van der Waals surface area contributed by atoms with Gasteiger partial charge in [-0.05, 0) is 69.9 Å². The number of amides is 1. The summed E-state index contributed by atoms with van der Waals surface area (Å²) in [5.74, 6) is -0.0716. The Balaban J connectivity index is 1.55. The summed E-state index contributed by atoms with van der Waals surface area (Å²) in [5.41, 5.74) is 4.24. The molecule has 0 bridgehead atoms. The number of carbonyl (C=O) groups excluding carboxylic acids is 1. The highest BCUT2D eigenvalue weighted by Gasteiger charge is 2.37. The van der Waals surface area contributed by atoms with Crippen molar-refractivity contribution in [1.29, 1.82) is 0 Å². The zero-order valence-corrected chi connectivity index (χ0v) is 21.2. The Morgan fingerprint density at radius 1 is 1.14 bits per heavy atom. The molecule has 0 radical (unpaired) electrons. The minimum Gasteiger partial charge on any atom is -0.355 e. The maximum Gasteiger partial charge on any atom is 0.248 e. The van der Waals surface area contributed by atoms with Crippen molar-refractivity contribution in [2.45, 2.75) is 45.4 Å². The zero-order valence-electron chi connectivity index (χ0n) is 20.4. The number of hydrogen-bond donors (Lipinski definition) is 1. The van der Waals surface area contributed by atoms with Crippen LogP contribution in [0.4, 0.5) is 5.82 Å². The third-order valence-electron chi connectivity index (χ3n) is 6.17. The first-order chi connectivity index (χ1) is 16.6. The van der Waals surface area contributed by atoms with Crippen LogP contribution in [0.3, 0.4) is 0 Å². The average molecular weight is 495 g/mol. The van der Waals surface area contributed by atoms with Crippen LogP contribution in [0.1, 0.15) is 46.7 Å². The lowest BCUT2D eigenvalue weighted by Crippen LogP contribution is -2.44. The number of rotatable bonds is 6. The summed E-state index contributed by atoms with van der Waals surface area (Å²) in [6, 6.07) is 11.5. The lowest BCUT2D eigenvalue weighted by Gasteiger charge is -2.31. The van der Waals surface area contributed by atoms with Gasteiger partial charge in [0.1, 0.15) is 11.5 Å². The summed E-state index contributed by atoms with van der Waals surface area (Å²) >= 11 is 0. The molecule has 1 fully saturated rings. The molecule has 1 aromatic carbocycles.